The molecule has 0 aliphatic heterocycles. The van der Waals surface area contributed by atoms with Crippen molar-refractivity contribution in [3.05, 3.63) is 57.0 Å². The van der Waals surface area contributed by atoms with E-state index in [4.69, 9.17) is 40.1 Å². The molecular weight excluding hydrogens is 355 g/mol. The minimum atomic E-state index is -3.89. The number of benzene rings is 2. The summed E-state index contributed by atoms with van der Waals surface area (Å²) in [5.74, 6) is 0. The lowest BCUT2D eigenvalue weighted by atomic mass is 10.2. The van der Waals surface area contributed by atoms with E-state index >= 15 is 0 Å². The van der Waals surface area contributed by atoms with Crippen molar-refractivity contribution in [2.24, 2.45) is 0 Å². The van der Waals surface area contributed by atoms with Crippen LogP contribution >= 0.6 is 34.8 Å². The number of nitrogens with zero attached hydrogens (tertiary/aromatic N) is 1. The molecule has 0 fully saturated rings. The Hall–Kier alpha value is -1.45. The van der Waals surface area contributed by atoms with E-state index in [2.05, 4.69) is 4.72 Å². The van der Waals surface area contributed by atoms with Crippen LogP contribution in [0, 0.1) is 11.3 Å². The van der Waals surface area contributed by atoms with Crippen LogP contribution in [0.3, 0.4) is 0 Å². The van der Waals surface area contributed by atoms with Crippen LogP contribution in [0.1, 0.15) is 5.56 Å². The normalized spacial score (nSPS) is 11.0. The van der Waals surface area contributed by atoms with Crippen LogP contribution in [0.4, 0.5) is 5.69 Å². The van der Waals surface area contributed by atoms with E-state index < -0.39 is 10.0 Å². The molecule has 0 aromatic heterocycles. The molecule has 0 radical (unpaired) electrons. The Labute approximate surface area is 136 Å². The summed E-state index contributed by atoms with van der Waals surface area (Å²) in [6, 6.07) is 10.1. The zero-order valence-electron chi connectivity index (χ0n) is 10.3. The quantitative estimate of drug-likeness (QED) is 0.885. The Morgan fingerprint density at radius 3 is 2.33 bits per heavy atom. The highest BCUT2D eigenvalue weighted by Gasteiger charge is 2.18. The predicted molar refractivity (Wildman–Crippen MR) is 83.4 cm³/mol. The number of nitrogens with one attached hydrogen (secondary N) is 1. The first-order valence-electron chi connectivity index (χ1n) is 5.51. The van der Waals surface area contributed by atoms with Crippen LogP contribution in [0.5, 0.6) is 0 Å². The standard InChI is InChI=1S/C13H7Cl3N2O2S/c14-9-1-4-13(12(16)6-9)21(19,20)18-10-2-3-11(15)8(5-10)7-17/h1-6,18H. The van der Waals surface area contributed by atoms with Gasteiger partial charge in [0.05, 0.1) is 21.3 Å². The van der Waals surface area contributed by atoms with Crippen LogP contribution < -0.4 is 4.72 Å². The fourth-order valence-corrected chi connectivity index (χ4v) is 3.56. The van der Waals surface area contributed by atoms with Gasteiger partial charge in [-0.25, -0.2) is 8.42 Å². The van der Waals surface area contributed by atoms with Crippen molar-refractivity contribution in [1.29, 1.82) is 5.26 Å². The molecule has 8 heteroatoms. The molecule has 0 amide bonds. The van der Waals surface area contributed by atoms with Gasteiger partial charge < -0.3 is 0 Å². The topological polar surface area (TPSA) is 70.0 Å². The lowest BCUT2D eigenvalue weighted by Crippen LogP contribution is -2.13. The summed E-state index contributed by atoms with van der Waals surface area (Å²) < 4.78 is 26.9. The molecule has 0 saturated heterocycles. The third kappa shape index (κ3) is 3.60. The van der Waals surface area contributed by atoms with Crippen molar-refractivity contribution in [2.75, 3.05) is 4.72 Å². The maximum Gasteiger partial charge on any atom is 0.263 e. The molecule has 2 aromatic rings. The summed E-state index contributed by atoms with van der Waals surface area (Å²) in [5.41, 5.74) is 0.376. The number of sulfonamides is 1. The van der Waals surface area contributed by atoms with E-state index in [9.17, 15) is 8.42 Å². The van der Waals surface area contributed by atoms with Crippen molar-refractivity contribution in [1.82, 2.24) is 0 Å². The first-order chi connectivity index (χ1) is 9.83. The fraction of sp³-hybridized carbons (Fsp3) is 0. The number of rotatable bonds is 3. The lowest BCUT2D eigenvalue weighted by Gasteiger charge is -2.10. The Balaban J connectivity index is 2.40. The van der Waals surface area contributed by atoms with Crippen molar-refractivity contribution in [2.45, 2.75) is 4.90 Å². The molecular formula is C13H7Cl3N2O2S. The van der Waals surface area contributed by atoms with E-state index in [0.717, 1.165) is 0 Å². The van der Waals surface area contributed by atoms with Crippen LogP contribution in [0.15, 0.2) is 41.3 Å². The molecule has 1 N–H and O–H groups in total. The summed E-state index contributed by atoms with van der Waals surface area (Å²) >= 11 is 17.4. The molecule has 0 aliphatic carbocycles. The third-order valence-corrected chi connectivity index (χ3v) is 4.95. The van der Waals surface area contributed by atoms with Gasteiger partial charge in [-0.3, -0.25) is 4.72 Å². The van der Waals surface area contributed by atoms with Gasteiger partial charge in [-0.15, -0.1) is 0 Å². The largest absolute Gasteiger partial charge is 0.280 e. The number of halogens is 3. The van der Waals surface area contributed by atoms with Gasteiger partial charge in [-0.2, -0.15) is 5.26 Å². The van der Waals surface area contributed by atoms with E-state index in [1.165, 1.54) is 36.4 Å². The van der Waals surface area contributed by atoms with E-state index in [-0.39, 0.29) is 26.2 Å². The molecule has 0 bridgehead atoms. The highest BCUT2D eigenvalue weighted by atomic mass is 35.5. The molecule has 108 valence electrons. The molecule has 0 unspecified atom stereocenters. The Morgan fingerprint density at radius 2 is 1.71 bits per heavy atom. The number of anilines is 1. The molecule has 2 rings (SSSR count). The number of nitriles is 1. The highest BCUT2D eigenvalue weighted by molar-refractivity contribution is 7.92. The van der Waals surface area contributed by atoms with Crippen molar-refractivity contribution in [3.8, 4) is 6.07 Å². The van der Waals surface area contributed by atoms with Gasteiger partial charge in [0.25, 0.3) is 10.0 Å². The maximum atomic E-state index is 12.3. The molecule has 0 saturated carbocycles. The Kier molecular flexibility index (Phi) is 4.64. The SMILES string of the molecule is N#Cc1cc(NS(=O)(=O)c2ccc(Cl)cc2Cl)ccc1Cl. The van der Waals surface area contributed by atoms with Gasteiger partial charge in [0.1, 0.15) is 11.0 Å². The lowest BCUT2D eigenvalue weighted by molar-refractivity contribution is 0.601. The first-order valence-corrected chi connectivity index (χ1v) is 8.13. The molecule has 21 heavy (non-hydrogen) atoms. The second kappa shape index (κ2) is 6.12. The van der Waals surface area contributed by atoms with Crippen LogP contribution in [0.25, 0.3) is 0 Å². The van der Waals surface area contributed by atoms with Gasteiger partial charge in [-0.05, 0) is 36.4 Å². The zero-order chi connectivity index (χ0) is 15.6. The zero-order valence-corrected chi connectivity index (χ0v) is 13.4. The summed E-state index contributed by atoms with van der Waals surface area (Å²) in [6.45, 7) is 0. The van der Waals surface area contributed by atoms with E-state index in [0.29, 0.717) is 5.02 Å². The van der Waals surface area contributed by atoms with Crippen molar-refractivity contribution >= 4 is 50.5 Å². The monoisotopic (exact) mass is 360 g/mol. The third-order valence-electron chi connectivity index (χ3n) is 2.52. The van der Waals surface area contributed by atoms with Gasteiger partial charge in [-0.1, -0.05) is 34.8 Å². The smallest absolute Gasteiger partial charge is 0.263 e. The fourth-order valence-electron chi connectivity index (χ4n) is 1.58. The molecule has 2 aromatic carbocycles. The second-order valence-electron chi connectivity index (χ2n) is 3.99. The molecule has 0 aliphatic rings. The highest BCUT2D eigenvalue weighted by Crippen LogP contribution is 2.27. The van der Waals surface area contributed by atoms with Crippen molar-refractivity contribution < 1.29 is 8.42 Å². The van der Waals surface area contributed by atoms with E-state index in [1.807, 2.05) is 6.07 Å². The minimum Gasteiger partial charge on any atom is -0.280 e. The number of hydrogen-bond acceptors (Lipinski definition) is 3. The molecule has 4 nitrogen and oxygen atoms in total. The van der Waals surface area contributed by atoms with Gasteiger partial charge in [0.15, 0.2) is 0 Å². The summed E-state index contributed by atoms with van der Waals surface area (Å²) in [4.78, 5) is -0.109. The average Bonchev–Trinajstić information content (AvgIpc) is 2.40. The first kappa shape index (κ1) is 15.9. The molecule has 0 heterocycles. The summed E-state index contributed by atoms with van der Waals surface area (Å²) in [5, 5.41) is 9.46. The maximum absolute atomic E-state index is 12.3. The Morgan fingerprint density at radius 1 is 1.00 bits per heavy atom. The average molecular weight is 362 g/mol. The van der Waals surface area contributed by atoms with Crippen molar-refractivity contribution in [3.63, 3.8) is 0 Å². The van der Waals surface area contributed by atoms with E-state index in [1.54, 1.807) is 0 Å². The minimum absolute atomic E-state index is 0.00414. The summed E-state index contributed by atoms with van der Waals surface area (Å²) in [7, 11) is -3.89. The van der Waals surface area contributed by atoms with Crippen LogP contribution in [0.2, 0.25) is 15.1 Å². The van der Waals surface area contributed by atoms with Crippen LogP contribution in [-0.2, 0) is 10.0 Å². The van der Waals surface area contributed by atoms with Gasteiger partial charge in [0, 0.05) is 5.02 Å². The van der Waals surface area contributed by atoms with Crippen LogP contribution in [-0.4, -0.2) is 8.42 Å². The predicted octanol–water partition coefficient (Wildman–Crippen LogP) is 4.32. The van der Waals surface area contributed by atoms with Gasteiger partial charge in [0.2, 0.25) is 0 Å². The Bertz CT molecular complexity index is 845. The molecule has 0 atom stereocenters. The second-order valence-corrected chi connectivity index (χ2v) is 6.89. The molecule has 0 spiro atoms. The van der Waals surface area contributed by atoms with Gasteiger partial charge >= 0.3 is 0 Å². The number of hydrogen-bond donors (Lipinski definition) is 1. The summed E-state index contributed by atoms with van der Waals surface area (Å²) in [6.07, 6.45) is 0.